The highest BCUT2D eigenvalue weighted by Crippen LogP contribution is 2.22. The van der Waals surface area contributed by atoms with Crippen LogP contribution in [0, 0.1) is 27.7 Å². The average Bonchev–Trinajstić information content (AvgIpc) is 1.89. The first kappa shape index (κ1) is 109. The standard InChI is InChI=1S/C12H26N.C11H24N.C10H16N.C10H22N.C10H16N.C9H13N2.2C9H20N.2C8H12N.C8H18N/c1-3-4-5-7-10-13(2)11-8-6-9-12-13;1-3-4-5-6-9-12(2)10-7-8-11-12;1-3-4-7-11-8-5-10(2)6-9-11;1-3-4-8-11(2)9-6-5-7-10-11;1-3-4-7-11-8-5-6-10(2)9-11;1-3-5-10-7-8-11(9-10)6-4-2;1-3-7-10(2)8-5-4-6-9-10;1-3-4-7-10(2)8-5-6-9-10;1-3-9-6-4-8(2)5-7-9;1-3-9-6-4-5-8(2)7-9;1-3-6-9(2)7-4-5-8-9/h3-12H2,1-2H3;3-11H2,1-2H3;5-6,8-9H,3-4,7H2,1-2H3;3-10H2,1-2H3;5-6,8-9H,3-4,7H2,1-2H3;3-4,7-9H,1-2,5-6H2;2*3-9H2,1-2H3;2*4-7H,3H2,1-2H3;3-8H2,1-2H3/q11*+1. The monoisotopic (exact) mass is 1620 g/mol. The zero-order valence-electron chi connectivity index (χ0n) is 81.2. The van der Waals surface area contributed by atoms with E-state index in [4.69, 9.17) is 0 Å². The Labute approximate surface area is 722 Å². The Morgan fingerprint density at radius 2 is 0.603 bits per heavy atom. The quantitative estimate of drug-likeness (QED) is 0.0177. The van der Waals surface area contributed by atoms with Crippen LogP contribution in [-0.2, 0) is 39.3 Å². The minimum atomic E-state index is 0.865. The van der Waals surface area contributed by atoms with E-state index in [0.717, 1.165) is 39.3 Å². The fraction of sp³-hybridized carbons (Fsp3) is 0.740. The summed E-state index contributed by atoms with van der Waals surface area (Å²) in [5, 5.41) is 0. The van der Waals surface area contributed by atoms with Gasteiger partial charge in [-0.1, -0.05) is 132 Å². The SMILES string of the molecule is C=CCn1cc[n+](CC=C)c1.CCCCCC[N+]1(C)CCCC1.CCCCCC[N+]1(C)CCCCC1.CCCC[N+]1(C)CCCC1.CCCC[N+]1(C)CCCCC1.CCCC[n+]1ccc(C)cc1.CCCC[n+]1cccc(C)c1.CCC[N+]1(C)CCCC1.CCC[N+]1(C)CCCCC1.CC[n+]1ccc(C)cc1.CC[n+]1cccc(C)c1. The van der Waals surface area contributed by atoms with Gasteiger partial charge in [0.15, 0.2) is 49.6 Å². The molecule has 0 N–H and O–H groups in total. The van der Waals surface area contributed by atoms with Crippen LogP contribution in [0.2, 0.25) is 0 Å². The normalized spacial score (nSPS) is 17.2. The molecule has 116 heavy (non-hydrogen) atoms. The van der Waals surface area contributed by atoms with Crippen molar-refractivity contribution < 1.29 is 49.7 Å². The molecule has 6 aliphatic rings. The number of allylic oxidation sites excluding steroid dienone is 2. The molecule has 0 aromatic carbocycles. The highest BCUT2D eigenvalue weighted by atomic mass is 15.4. The molecule has 0 spiro atoms. The third kappa shape index (κ3) is 55.8. The van der Waals surface area contributed by atoms with Crippen LogP contribution in [0.1, 0.15) is 303 Å². The molecule has 5 aromatic heterocycles. The Morgan fingerprint density at radius 1 is 0.293 bits per heavy atom. The number of imidazole rings is 1. The number of quaternary nitrogens is 6. The maximum absolute atomic E-state index is 3.66. The Kier molecular flexibility index (Phi) is 63.6. The summed E-state index contributed by atoms with van der Waals surface area (Å²) in [4.78, 5) is 0. The molecule has 0 bridgehead atoms. The van der Waals surface area contributed by atoms with E-state index in [1.165, 1.54) is 379 Å². The van der Waals surface area contributed by atoms with Crippen molar-refractivity contribution in [2.75, 3.05) is 160 Å². The number of hydrogen-bond acceptors (Lipinski definition) is 0. The van der Waals surface area contributed by atoms with Crippen LogP contribution in [0.4, 0.5) is 0 Å². The largest absolute Gasteiger partial charge is 0.326 e. The van der Waals surface area contributed by atoms with E-state index in [1.807, 2.05) is 30.9 Å². The summed E-state index contributed by atoms with van der Waals surface area (Å²) < 4.78 is 21.0. The van der Waals surface area contributed by atoms with Crippen LogP contribution >= 0.6 is 0 Å². The molecule has 12 heteroatoms. The van der Waals surface area contributed by atoms with Gasteiger partial charge in [-0.05, 0) is 174 Å². The van der Waals surface area contributed by atoms with Crippen LogP contribution in [0.5, 0.6) is 0 Å². The number of piperidine rings is 3. The lowest BCUT2D eigenvalue weighted by atomic mass is 10.1. The third-order valence-corrected chi connectivity index (χ3v) is 25.2. The van der Waals surface area contributed by atoms with E-state index in [-0.39, 0.29) is 0 Å². The predicted octanol–water partition coefficient (Wildman–Crippen LogP) is 22.0. The molecular formula is C104H199N12+11. The van der Waals surface area contributed by atoms with Gasteiger partial charge >= 0.3 is 0 Å². The summed E-state index contributed by atoms with van der Waals surface area (Å²) in [5.74, 6) is 0. The zero-order chi connectivity index (χ0) is 85.9. The first-order chi connectivity index (χ1) is 55.8. The molecule has 0 radical (unpaired) electrons. The van der Waals surface area contributed by atoms with Crippen LogP contribution in [0.15, 0.2) is 142 Å². The van der Waals surface area contributed by atoms with Crippen molar-refractivity contribution in [1.29, 1.82) is 0 Å². The second-order valence-corrected chi connectivity index (χ2v) is 37.6. The molecule has 12 nitrogen and oxygen atoms in total. The van der Waals surface area contributed by atoms with E-state index >= 15 is 0 Å². The van der Waals surface area contributed by atoms with Gasteiger partial charge in [0.25, 0.3) is 0 Å². The van der Waals surface area contributed by atoms with E-state index in [2.05, 4.69) is 278 Å². The van der Waals surface area contributed by atoms with Gasteiger partial charge in [0, 0.05) is 98.9 Å². The number of nitrogens with zero attached hydrogens (tertiary/aromatic N) is 12. The Bertz CT molecular complexity index is 3010. The van der Waals surface area contributed by atoms with Crippen molar-refractivity contribution in [1.82, 2.24) is 4.57 Å². The number of aryl methyl sites for hydroxylation is 8. The van der Waals surface area contributed by atoms with Gasteiger partial charge in [-0.25, -0.2) is 27.4 Å². The molecule has 0 amide bonds. The van der Waals surface area contributed by atoms with Crippen molar-refractivity contribution in [2.45, 2.75) is 348 Å². The molecule has 6 aliphatic heterocycles. The lowest BCUT2D eigenvalue weighted by Crippen LogP contribution is -2.48. The van der Waals surface area contributed by atoms with E-state index in [0.29, 0.717) is 0 Å². The van der Waals surface area contributed by atoms with Gasteiger partial charge in [-0.3, -0.25) is 0 Å². The number of hydrogen-bond donors (Lipinski definition) is 0. The lowest BCUT2D eigenvalue weighted by molar-refractivity contribution is -0.914. The zero-order valence-corrected chi connectivity index (χ0v) is 81.2. The van der Waals surface area contributed by atoms with Gasteiger partial charge in [-0.15, -0.1) is 0 Å². The van der Waals surface area contributed by atoms with Crippen LogP contribution in [0.25, 0.3) is 0 Å². The first-order valence-corrected chi connectivity index (χ1v) is 48.9. The van der Waals surface area contributed by atoms with Crippen molar-refractivity contribution in [3.63, 3.8) is 0 Å². The molecule has 6 fully saturated rings. The molecule has 5 aromatic rings. The topological polar surface area (TPSA) is 24.3 Å². The smallest absolute Gasteiger partial charge is 0.244 e. The molecule has 11 rings (SSSR count). The van der Waals surface area contributed by atoms with Gasteiger partial charge in [0.05, 0.1) is 160 Å². The Morgan fingerprint density at radius 3 is 0.914 bits per heavy atom. The Balaban J connectivity index is 0.000000639. The predicted molar refractivity (Wildman–Crippen MR) is 504 cm³/mol. The summed E-state index contributed by atoms with van der Waals surface area (Å²) in [6.07, 6.45) is 73.4. The van der Waals surface area contributed by atoms with Crippen molar-refractivity contribution in [3.8, 4) is 0 Å². The average molecular weight is 1620 g/mol. The molecule has 664 valence electrons. The molecule has 0 atom stereocenters. The van der Waals surface area contributed by atoms with E-state index < -0.39 is 0 Å². The number of unbranched alkanes of at least 4 members (excludes halogenated alkanes) is 10. The van der Waals surface area contributed by atoms with Crippen molar-refractivity contribution >= 4 is 0 Å². The van der Waals surface area contributed by atoms with E-state index in [1.54, 1.807) is 0 Å². The molecule has 0 aliphatic carbocycles. The maximum Gasteiger partial charge on any atom is 0.244 e. The highest BCUT2D eigenvalue weighted by Gasteiger charge is 2.29. The summed E-state index contributed by atoms with van der Waals surface area (Å²) in [6.45, 7) is 70.0. The second kappa shape index (κ2) is 67.7. The highest BCUT2D eigenvalue weighted by molar-refractivity contribution is 5.04. The number of aromatic nitrogens is 6. The second-order valence-electron chi connectivity index (χ2n) is 37.6. The molecule has 6 saturated heterocycles. The summed E-state index contributed by atoms with van der Waals surface area (Å²) in [5.41, 5.74) is 5.31. The van der Waals surface area contributed by atoms with Crippen molar-refractivity contribution in [2.24, 2.45) is 0 Å². The van der Waals surface area contributed by atoms with Gasteiger partial charge < -0.3 is 26.9 Å². The fourth-order valence-corrected chi connectivity index (χ4v) is 17.2. The van der Waals surface area contributed by atoms with Crippen LogP contribution < -0.4 is 22.8 Å². The molecule has 0 saturated carbocycles. The lowest BCUT2D eigenvalue weighted by Gasteiger charge is -2.37. The minimum Gasteiger partial charge on any atom is -0.326 e. The Hall–Kier alpha value is -4.95. The number of likely N-dealkylation sites (tertiary alicyclic amines) is 6. The van der Waals surface area contributed by atoms with Gasteiger partial charge in [0.2, 0.25) is 6.33 Å². The van der Waals surface area contributed by atoms with Crippen LogP contribution in [-0.4, -0.2) is 192 Å². The molecular weight excluding hydrogens is 1420 g/mol. The van der Waals surface area contributed by atoms with Gasteiger partial charge in [0.1, 0.15) is 51.7 Å². The van der Waals surface area contributed by atoms with E-state index in [9.17, 15) is 0 Å². The fourth-order valence-electron chi connectivity index (χ4n) is 17.2. The summed E-state index contributed by atoms with van der Waals surface area (Å²) in [6, 6.07) is 16.9. The number of pyridine rings is 4. The first-order valence-electron chi connectivity index (χ1n) is 48.9. The third-order valence-electron chi connectivity index (χ3n) is 25.2. The number of rotatable bonds is 32. The van der Waals surface area contributed by atoms with Gasteiger partial charge in [-0.2, -0.15) is 0 Å². The molecule has 0 unspecified atom stereocenters. The minimum absolute atomic E-state index is 0.865. The summed E-state index contributed by atoms with van der Waals surface area (Å²) >= 11 is 0. The summed E-state index contributed by atoms with van der Waals surface area (Å²) in [7, 11) is 14.5. The van der Waals surface area contributed by atoms with Crippen LogP contribution in [0.3, 0.4) is 0 Å². The van der Waals surface area contributed by atoms with Crippen molar-refractivity contribution in [3.05, 3.63) is 164 Å². The molecule has 11 heterocycles. The maximum atomic E-state index is 3.66.